The zero-order valence-corrected chi connectivity index (χ0v) is 13.7. The van der Waals surface area contributed by atoms with Crippen molar-refractivity contribution >= 4 is 22.6 Å². The number of likely N-dealkylation sites (tertiary alicyclic amines) is 1. The van der Waals surface area contributed by atoms with Gasteiger partial charge in [0.25, 0.3) is 0 Å². The van der Waals surface area contributed by atoms with E-state index in [1.807, 2.05) is 18.2 Å². The van der Waals surface area contributed by atoms with Crippen LogP contribution in [0, 0.1) is 0 Å². The van der Waals surface area contributed by atoms with Gasteiger partial charge in [-0.3, -0.25) is 0 Å². The normalized spacial score (nSPS) is 18.6. The number of hydrogen-bond donors (Lipinski definition) is 1. The fraction of sp³-hybridized carbons (Fsp3) is 0.278. The van der Waals surface area contributed by atoms with Crippen LogP contribution >= 0.6 is 11.6 Å². The van der Waals surface area contributed by atoms with E-state index in [1.54, 1.807) is 12.3 Å². The molecule has 1 N–H and O–H groups in total. The summed E-state index contributed by atoms with van der Waals surface area (Å²) in [6, 6.07) is 12.0. The number of rotatable bonds is 3. The van der Waals surface area contributed by atoms with Crippen molar-refractivity contribution in [2.75, 3.05) is 20.1 Å². The molecule has 0 aliphatic carbocycles. The number of aromatic nitrogens is 2. The molecule has 2 aromatic heterocycles. The summed E-state index contributed by atoms with van der Waals surface area (Å²) in [7, 11) is 2.13. The molecule has 4 rings (SSSR count). The molecule has 0 radical (unpaired) electrons. The highest BCUT2D eigenvalue weighted by Crippen LogP contribution is 2.29. The lowest BCUT2D eigenvalue weighted by Crippen LogP contribution is -2.21. The lowest BCUT2D eigenvalue weighted by molar-refractivity contribution is 0.208. The third kappa shape index (κ3) is 2.92. The van der Waals surface area contributed by atoms with Gasteiger partial charge in [-0.05, 0) is 55.4 Å². The lowest BCUT2D eigenvalue weighted by Gasteiger charge is -2.13. The molecular formula is C18H18ClN3O. The highest BCUT2D eigenvalue weighted by molar-refractivity contribution is 6.35. The molecule has 0 unspecified atom stereocenters. The number of nitrogens with zero attached hydrogens (tertiary/aromatic N) is 2. The zero-order chi connectivity index (χ0) is 15.8. The van der Waals surface area contributed by atoms with E-state index in [4.69, 9.17) is 16.3 Å². The topological polar surface area (TPSA) is 41.1 Å². The largest absolute Gasteiger partial charge is 0.489 e. The van der Waals surface area contributed by atoms with Gasteiger partial charge in [-0.2, -0.15) is 0 Å². The molecule has 1 saturated heterocycles. The van der Waals surface area contributed by atoms with Crippen LogP contribution in [0.5, 0.6) is 5.75 Å². The summed E-state index contributed by atoms with van der Waals surface area (Å²) in [5.74, 6) is 0.918. The van der Waals surface area contributed by atoms with Gasteiger partial charge >= 0.3 is 0 Å². The van der Waals surface area contributed by atoms with Crippen molar-refractivity contribution in [2.24, 2.45) is 0 Å². The Morgan fingerprint density at radius 2 is 2.09 bits per heavy atom. The van der Waals surface area contributed by atoms with Crippen LogP contribution in [0.4, 0.5) is 0 Å². The molecule has 0 spiro atoms. The van der Waals surface area contributed by atoms with Crippen LogP contribution in [0.2, 0.25) is 5.02 Å². The molecule has 3 aromatic rings. The summed E-state index contributed by atoms with van der Waals surface area (Å²) < 4.78 is 6.03. The summed E-state index contributed by atoms with van der Waals surface area (Å²) in [4.78, 5) is 9.91. The second-order valence-electron chi connectivity index (χ2n) is 6.05. The van der Waals surface area contributed by atoms with Gasteiger partial charge in [-0.1, -0.05) is 11.6 Å². The van der Waals surface area contributed by atoms with Gasteiger partial charge in [-0.25, -0.2) is 4.98 Å². The van der Waals surface area contributed by atoms with Gasteiger partial charge in [0, 0.05) is 30.4 Å². The van der Waals surface area contributed by atoms with Crippen LogP contribution < -0.4 is 4.74 Å². The molecular weight excluding hydrogens is 310 g/mol. The van der Waals surface area contributed by atoms with Crippen molar-refractivity contribution in [3.63, 3.8) is 0 Å². The Kier molecular flexibility index (Phi) is 3.71. The van der Waals surface area contributed by atoms with Gasteiger partial charge in [0.2, 0.25) is 0 Å². The van der Waals surface area contributed by atoms with Crippen molar-refractivity contribution in [2.45, 2.75) is 12.5 Å². The van der Waals surface area contributed by atoms with Gasteiger partial charge in [0.05, 0.1) is 5.02 Å². The Hall–Kier alpha value is -2.04. The second kappa shape index (κ2) is 5.87. The molecule has 3 heterocycles. The van der Waals surface area contributed by atoms with Crippen molar-refractivity contribution in [1.82, 2.24) is 14.9 Å². The van der Waals surface area contributed by atoms with E-state index in [1.165, 1.54) is 0 Å². The Morgan fingerprint density at radius 3 is 2.78 bits per heavy atom. The van der Waals surface area contributed by atoms with E-state index in [0.717, 1.165) is 47.6 Å². The Morgan fingerprint density at radius 1 is 1.26 bits per heavy atom. The first-order valence-corrected chi connectivity index (χ1v) is 8.16. The highest BCUT2D eigenvalue weighted by Gasteiger charge is 2.20. The summed E-state index contributed by atoms with van der Waals surface area (Å²) in [5, 5.41) is 1.65. The van der Waals surface area contributed by atoms with Crippen LogP contribution in [0.1, 0.15) is 6.42 Å². The second-order valence-corrected chi connectivity index (χ2v) is 6.46. The highest BCUT2D eigenvalue weighted by atomic mass is 35.5. The van der Waals surface area contributed by atoms with Gasteiger partial charge in [0.1, 0.15) is 17.5 Å². The molecule has 0 bridgehead atoms. The van der Waals surface area contributed by atoms with Crippen molar-refractivity contribution < 1.29 is 4.74 Å². The minimum absolute atomic E-state index is 0.293. The van der Waals surface area contributed by atoms with Crippen molar-refractivity contribution in [1.29, 1.82) is 0 Å². The zero-order valence-electron chi connectivity index (χ0n) is 12.9. The number of pyridine rings is 1. The van der Waals surface area contributed by atoms with E-state index in [-0.39, 0.29) is 0 Å². The molecule has 4 nitrogen and oxygen atoms in total. The minimum Gasteiger partial charge on any atom is -0.489 e. The number of aromatic amines is 1. The molecule has 118 valence electrons. The maximum Gasteiger partial charge on any atom is 0.139 e. The van der Waals surface area contributed by atoms with Crippen molar-refractivity contribution in [3.05, 3.63) is 47.6 Å². The number of halogens is 1. The van der Waals surface area contributed by atoms with Gasteiger partial charge in [-0.15, -0.1) is 0 Å². The molecule has 0 amide bonds. The molecule has 5 heteroatoms. The quantitative estimate of drug-likeness (QED) is 0.791. The third-order valence-electron chi connectivity index (χ3n) is 4.29. The maximum absolute atomic E-state index is 6.21. The monoisotopic (exact) mass is 327 g/mol. The number of H-pyrrole nitrogens is 1. The first-order chi connectivity index (χ1) is 11.2. The van der Waals surface area contributed by atoms with Crippen LogP contribution in [0.25, 0.3) is 22.3 Å². The number of hydrogen-bond acceptors (Lipinski definition) is 3. The first kappa shape index (κ1) is 14.5. The number of nitrogens with one attached hydrogen (secondary N) is 1. The first-order valence-electron chi connectivity index (χ1n) is 7.78. The maximum atomic E-state index is 6.21. The predicted octanol–water partition coefficient (Wildman–Crippen LogP) is 3.97. The van der Waals surface area contributed by atoms with Crippen LogP contribution in [-0.4, -0.2) is 41.1 Å². The van der Waals surface area contributed by atoms with E-state index in [0.29, 0.717) is 11.1 Å². The van der Waals surface area contributed by atoms with E-state index >= 15 is 0 Å². The fourth-order valence-electron chi connectivity index (χ4n) is 3.05. The summed E-state index contributed by atoms with van der Waals surface area (Å²) >= 11 is 6.21. The van der Waals surface area contributed by atoms with E-state index < -0.39 is 0 Å². The molecule has 1 aliphatic rings. The van der Waals surface area contributed by atoms with Gasteiger partial charge < -0.3 is 14.6 Å². The van der Waals surface area contributed by atoms with E-state index in [2.05, 4.69) is 34.0 Å². The molecule has 1 aliphatic heterocycles. The Labute approximate surface area is 140 Å². The molecule has 0 saturated carbocycles. The summed E-state index contributed by atoms with van der Waals surface area (Å²) in [5.41, 5.74) is 2.91. The summed E-state index contributed by atoms with van der Waals surface area (Å²) in [6.45, 7) is 2.10. The molecule has 1 fully saturated rings. The number of likely N-dealkylation sites (N-methyl/N-ethyl adjacent to an activating group) is 1. The van der Waals surface area contributed by atoms with Gasteiger partial charge in [0.15, 0.2) is 0 Å². The predicted molar refractivity (Wildman–Crippen MR) is 93.1 cm³/mol. The van der Waals surface area contributed by atoms with Crippen LogP contribution in [0.15, 0.2) is 42.6 Å². The minimum atomic E-state index is 0.293. The average molecular weight is 328 g/mol. The number of ether oxygens (including phenoxy) is 1. The van der Waals surface area contributed by atoms with Crippen LogP contribution in [-0.2, 0) is 0 Å². The smallest absolute Gasteiger partial charge is 0.139 e. The molecule has 23 heavy (non-hydrogen) atoms. The number of benzene rings is 1. The SMILES string of the molecule is CN1CC[C@H](Oc2ccc(-c3cc4c(Cl)ccnc4[nH]3)cc2)C1. The fourth-order valence-corrected chi connectivity index (χ4v) is 3.25. The Bertz CT molecular complexity index is 828. The Balaban J connectivity index is 1.56. The lowest BCUT2D eigenvalue weighted by atomic mass is 10.1. The van der Waals surface area contributed by atoms with Crippen molar-refractivity contribution in [3.8, 4) is 17.0 Å². The standard InChI is InChI=1S/C18H18ClN3O/c1-22-9-7-14(11-22)23-13-4-2-12(3-5-13)17-10-15-16(19)6-8-20-18(15)21-17/h2-6,8,10,14H,7,9,11H2,1H3,(H,20,21)/t14-/m0/s1. The molecule has 1 atom stereocenters. The summed E-state index contributed by atoms with van der Waals surface area (Å²) in [6.07, 6.45) is 3.09. The molecule has 1 aromatic carbocycles. The van der Waals surface area contributed by atoms with Crippen LogP contribution in [0.3, 0.4) is 0 Å². The third-order valence-corrected chi connectivity index (χ3v) is 4.62. The average Bonchev–Trinajstić information content (AvgIpc) is 3.15. The number of fused-ring (bicyclic) bond motifs is 1. The van der Waals surface area contributed by atoms with E-state index in [9.17, 15) is 0 Å².